The van der Waals surface area contributed by atoms with E-state index in [1.165, 1.54) is 6.07 Å². The van der Waals surface area contributed by atoms with Gasteiger partial charge >= 0.3 is 0 Å². The molecule has 0 fully saturated rings. The van der Waals surface area contributed by atoms with Crippen LogP contribution in [0.2, 0.25) is 0 Å². The van der Waals surface area contributed by atoms with Gasteiger partial charge in [-0.25, -0.2) is 13.6 Å². The molecule has 0 atom stereocenters. The normalized spacial score (nSPS) is 11.3. The highest BCUT2D eigenvalue weighted by molar-refractivity contribution is 7.89. The Morgan fingerprint density at radius 3 is 2.75 bits per heavy atom. The van der Waals surface area contributed by atoms with E-state index in [1.54, 1.807) is 24.4 Å². The van der Waals surface area contributed by atoms with E-state index < -0.39 is 10.0 Å². The Morgan fingerprint density at radius 1 is 1.35 bits per heavy atom. The fourth-order valence-corrected chi connectivity index (χ4v) is 2.51. The highest BCUT2D eigenvalue weighted by Gasteiger charge is 2.15. The Hall–Kier alpha value is -1.92. The first-order chi connectivity index (χ1) is 9.39. The molecule has 0 aliphatic heterocycles. The number of nitrogens with zero attached hydrogens (tertiary/aromatic N) is 1. The van der Waals surface area contributed by atoms with Gasteiger partial charge in [0.15, 0.2) is 0 Å². The molecule has 0 unspecified atom stereocenters. The van der Waals surface area contributed by atoms with Crippen molar-refractivity contribution in [2.45, 2.75) is 18.7 Å². The van der Waals surface area contributed by atoms with Gasteiger partial charge in [-0.2, -0.15) is 0 Å². The lowest BCUT2D eigenvalue weighted by atomic mass is 10.2. The largest absolute Gasteiger partial charge is 0.487 e. The van der Waals surface area contributed by atoms with Crippen LogP contribution in [0.15, 0.2) is 47.0 Å². The minimum atomic E-state index is -3.79. The quantitative estimate of drug-likeness (QED) is 0.876. The van der Waals surface area contributed by atoms with Gasteiger partial charge in [0, 0.05) is 11.6 Å². The van der Waals surface area contributed by atoms with Gasteiger partial charge in [-0.15, -0.1) is 0 Å². The fraction of sp³-hybridized carbons (Fsp3) is 0.214. The predicted octanol–water partition coefficient (Wildman–Crippen LogP) is 2.23. The number of nitrogens with two attached hydrogens (primary N) is 1. The van der Waals surface area contributed by atoms with Crippen molar-refractivity contribution in [1.29, 1.82) is 0 Å². The van der Waals surface area contributed by atoms with Crippen molar-refractivity contribution in [1.82, 2.24) is 4.98 Å². The summed E-state index contributed by atoms with van der Waals surface area (Å²) in [5.41, 5.74) is 1.63. The first-order valence-electron chi connectivity index (χ1n) is 6.06. The first kappa shape index (κ1) is 14.5. The van der Waals surface area contributed by atoms with Crippen LogP contribution in [0, 0.1) is 0 Å². The summed E-state index contributed by atoms with van der Waals surface area (Å²) in [4.78, 5) is 4.24. The van der Waals surface area contributed by atoms with Crippen LogP contribution in [0.3, 0.4) is 0 Å². The zero-order chi connectivity index (χ0) is 14.8. The number of benzene rings is 1. The summed E-state index contributed by atoms with van der Waals surface area (Å²) in [5, 5.41) is 5.67. The van der Waals surface area contributed by atoms with Gasteiger partial charge < -0.3 is 4.74 Å². The number of primary sulfonamides is 1. The average molecular weight is 292 g/mol. The molecule has 0 spiro atoms. The molecule has 0 radical (unpaired) electrons. The number of sulfonamides is 1. The topological polar surface area (TPSA) is 82.3 Å². The Morgan fingerprint density at radius 2 is 2.10 bits per heavy atom. The van der Waals surface area contributed by atoms with E-state index in [0.717, 1.165) is 5.57 Å². The third-order valence-electron chi connectivity index (χ3n) is 2.73. The molecule has 5 nitrogen and oxygen atoms in total. The second kappa shape index (κ2) is 5.60. The molecule has 0 bridgehead atoms. The molecule has 1 aromatic heterocycles. The molecule has 1 heterocycles. The Labute approximate surface area is 118 Å². The Bertz CT molecular complexity index is 763. The number of allylic oxidation sites excluding steroid dienone is 1. The van der Waals surface area contributed by atoms with E-state index in [2.05, 4.69) is 4.98 Å². The monoisotopic (exact) mass is 292 g/mol. The van der Waals surface area contributed by atoms with Crippen LogP contribution in [-0.2, 0) is 10.0 Å². The second-order valence-electron chi connectivity index (χ2n) is 4.60. The Kier molecular flexibility index (Phi) is 4.06. The van der Waals surface area contributed by atoms with Crippen LogP contribution in [0.4, 0.5) is 0 Å². The lowest BCUT2D eigenvalue weighted by Crippen LogP contribution is -2.13. The molecule has 2 N–H and O–H groups in total. The molecule has 1 aromatic carbocycles. The molecule has 0 amide bonds. The van der Waals surface area contributed by atoms with E-state index in [4.69, 9.17) is 9.88 Å². The van der Waals surface area contributed by atoms with Crippen LogP contribution >= 0.6 is 0 Å². The van der Waals surface area contributed by atoms with Crippen molar-refractivity contribution in [3.8, 4) is 5.75 Å². The number of hydrogen-bond donors (Lipinski definition) is 1. The van der Waals surface area contributed by atoms with Crippen LogP contribution in [0.25, 0.3) is 10.9 Å². The van der Waals surface area contributed by atoms with E-state index >= 15 is 0 Å². The van der Waals surface area contributed by atoms with Crippen molar-refractivity contribution in [3.63, 3.8) is 0 Å². The molecule has 0 saturated heterocycles. The summed E-state index contributed by atoms with van der Waals surface area (Å²) in [6.07, 6.45) is 3.52. The molecule has 6 heteroatoms. The van der Waals surface area contributed by atoms with Crippen molar-refractivity contribution in [3.05, 3.63) is 42.1 Å². The molecule has 20 heavy (non-hydrogen) atoms. The molecule has 0 aliphatic rings. The SMILES string of the molecule is CC(C)=CCOc1ccc(S(N)(=O)=O)c2cccnc12. The third-order valence-corrected chi connectivity index (χ3v) is 3.70. The number of rotatable bonds is 4. The zero-order valence-corrected chi connectivity index (χ0v) is 12.1. The van der Waals surface area contributed by atoms with Gasteiger partial charge in [0.25, 0.3) is 0 Å². The summed E-state index contributed by atoms with van der Waals surface area (Å²) < 4.78 is 28.7. The lowest BCUT2D eigenvalue weighted by Gasteiger charge is -2.09. The molecule has 106 valence electrons. The van der Waals surface area contributed by atoms with E-state index in [-0.39, 0.29) is 4.90 Å². The van der Waals surface area contributed by atoms with Gasteiger partial charge in [-0.3, -0.25) is 4.98 Å². The maximum atomic E-state index is 11.6. The average Bonchev–Trinajstić information content (AvgIpc) is 2.37. The van der Waals surface area contributed by atoms with Crippen molar-refractivity contribution in [2.24, 2.45) is 5.14 Å². The number of aromatic nitrogens is 1. The van der Waals surface area contributed by atoms with Crippen LogP contribution in [0.1, 0.15) is 13.8 Å². The van der Waals surface area contributed by atoms with E-state index in [9.17, 15) is 8.42 Å². The molecular weight excluding hydrogens is 276 g/mol. The summed E-state index contributed by atoms with van der Waals surface area (Å²) in [6.45, 7) is 4.36. The number of hydrogen-bond acceptors (Lipinski definition) is 4. The predicted molar refractivity (Wildman–Crippen MR) is 78.0 cm³/mol. The molecule has 2 aromatic rings. The van der Waals surface area contributed by atoms with E-state index in [0.29, 0.717) is 23.3 Å². The summed E-state index contributed by atoms with van der Waals surface area (Å²) in [7, 11) is -3.79. The second-order valence-corrected chi connectivity index (χ2v) is 6.13. The minimum Gasteiger partial charge on any atom is -0.487 e. The number of pyridine rings is 1. The van der Waals surface area contributed by atoms with E-state index in [1.807, 2.05) is 19.9 Å². The first-order valence-corrected chi connectivity index (χ1v) is 7.61. The van der Waals surface area contributed by atoms with Gasteiger partial charge in [-0.1, -0.05) is 5.57 Å². The maximum absolute atomic E-state index is 11.6. The van der Waals surface area contributed by atoms with Crippen molar-refractivity contribution >= 4 is 20.9 Å². The molecule has 2 rings (SSSR count). The summed E-state index contributed by atoms with van der Waals surface area (Å²) in [6, 6.07) is 6.35. The van der Waals surface area contributed by atoms with Gasteiger partial charge in [0.05, 0.1) is 4.90 Å². The molecule has 0 aliphatic carbocycles. The molecule has 0 saturated carbocycles. The van der Waals surface area contributed by atoms with Crippen molar-refractivity contribution in [2.75, 3.05) is 6.61 Å². The smallest absolute Gasteiger partial charge is 0.238 e. The Balaban J connectivity index is 2.52. The maximum Gasteiger partial charge on any atom is 0.238 e. The van der Waals surface area contributed by atoms with Gasteiger partial charge in [0.2, 0.25) is 10.0 Å². The zero-order valence-electron chi connectivity index (χ0n) is 11.3. The number of ether oxygens (including phenoxy) is 1. The fourth-order valence-electron chi connectivity index (χ4n) is 1.78. The lowest BCUT2D eigenvalue weighted by molar-refractivity contribution is 0.365. The number of fused-ring (bicyclic) bond motifs is 1. The van der Waals surface area contributed by atoms with Crippen LogP contribution in [0.5, 0.6) is 5.75 Å². The van der Waals surface area contributed by atoms with Gasteiger partial charge in [0.1, 0.15) is 17.9 Å². The molecular formula is C14H16N2O3S. The highest BCUT2D eigenvalue weighted by Crippen LogP contribution is 2.28. The highest BCUT2D eigenvalue weighted by atomic mass is 32.2. The summed E-state index contributed by atoms with van der Waals surface area (Å²) >= 11 is 0. The minimum absolute atomic E-state index is 0.0511. The van der Waals surface area contributed by atoms with Crippen LogP contribution < -0.4 is 9.88 Å². The standard InChI is InChI=1S/C14H16N2O3S/c1-10(2)7-9-19-12-5-6-13(20(15,17)18)11-4-3-8-16-14(11)12/h3-8H,9H2,1-2H3,(H2,15,17,18). The van der Waals surface area contributed by atoms with Gasteiger partial charge in [-0.05, 0) is 44.2 Å². The third kappa shape index (κ3) is 3.15. The van der Waals surface area contributed by atoms with Crippen LogP contribution in [-0.4, -0.2) is 20.0 Å². The summed E-state index contributed by atoms with van der Waals surface area (Å²) in [5.74, 6) is 0.533. The van der Waals surface area contributed by atoms with Crippen molar-refractivity contribution < 1.29 is 13.2 Å².